The van der Waals surface area contributed by atoms with E-state index in [4.69, 9.17) is 10.5 Å². The zero-order valence-electron chi connectivity index (χ0n) is 13.2. The summed E-state index contributed by atoms with van der Waals surface area (Å²) in [5, 5.41) is 9.49. The van der Waals surface area contributed by atoms with E-state index in [-0.39, 0.29) is 18.7 Å². The SMILES string of the molecule is COc1ccccc1C(C(C)N)N(CCO)C1CCCC1. The van der Waals surface area contributed by atoms with Crippen molar-refractivity contribution in [3.63, 3.8) is 0 Å². The molecule has 118 valence electrons. The molecule has 0 saturated heterocycles. The molecule has 0 heterocycles. The van der Waals surface area contributed by atoms with Crippen molar-refractivity contribution in [2.24, 2.45) is 5.73 Å². The first kappa shape index (κ1) is 16.3. The van der Waals surface area contributed by atoms with Gasteiger partial charge in [-0.05, 0) is 25.8 Å². The minimum absolute atomic E-state index is 0.0200. The molecule has 1 saturated carbocycles. The van der Waals surface area contributed by atoms with Crippen LogP contribution < -0.4 is 10.5 Å². The first-order valence-corrected chi connectivity index (χ1v) is 7.94. The number of para-hydroxylation sites is 1. The Labute approximate surface area is 127 Å². The number of aliphatic hydroxyl groups is 1. The van der Waals surface area contributed by atoms with Crippen LogP contribution in [-0.2, 0) is 0 Å². The Morgan fingerprint density at radius 3 is 2.57 bits per heavy atom. The van der Waals surface area contributed by atoms with Crippen LogP contribution in [0.5, 0.6) is 5.75 Å². The number of hydrogen-bond donors (Lipinski definition) is 2. The minimum Gasteiger partial charge on any atom is -0.496 e. The summed E-state index contributed by atoms with van der Waals surface area (Å²) in [5.41, 5.74) is 7.43. The molecule has 0 radical (unpaired) electrons. The quantitative estimate of drug-likeness (QED) is 0.810. The van der Waals surface area contributed by atoms with Gasteiger partial charge in [0.25, 0.3) is 0 Å². The lowest BCUT2D eigenvalue weighted by atomic mass is 9.96. The Morgan fingerprint density at radius 2 is 2.00 bits per heavy atom. The van der Waals surface area contributed by atoms with Crippen LogP contribution in [0.1, 0.15) is 44.2 Å². The zero-order chi connectivity index (χ0) is 15.2. The second kappa shape index (κ2) is 7.78. The van der Waals surface area contributed by atoms with Gasteiger partial charge in [0.2, 0.25) is 0 Å². The van der Waals surface area contributed by atoms with E-state index in [0.717, 1.165) is 11.3 Å². The van der Waals surface area contributed by atoms with Crippen LogP contribution >= 0.6 is 0 Å². The number of benzene rings is 1. The van der Waals surface area contributed by atoms with E-state index in [1.54, 1.807) is 7.11 Å². The molecular weight excluding hydrogens is 264 g/mol. The molecule has 2 rings (SSSR count). The first-order chi connectivity index (χ1) is 10.2. The molecule has 1 aromatic rings. The predicted octanol–water partition coefficient (Wildman–Crippen LogP) is 2.32. The van der Waals surface area contributed by atoms with Gasteiger partial charge in [-0.25, -0.2) is 0 Å². The van der Waals surface area contributed by atoms with E-state index in [0.29, 0.717) is 12.6 Å². The van der Waals surface area contributed by atoms with E-state index in [1.165, 1.54) is 25.7 Å². The van der Waals surface area contributed by atoms with Gasteiger partial charge in [-0.15, -0.1) is 0 Å². The van der Waals surface area contributed by atoms with Gasteiger partial charge in [-0.1, -0.05) is 31.0 Å². The van der Waals surface area contributed by atoms with E-state index in [1.807, 2.05) is 25.1 Å². The van der Waals surface area contributed by atoms with Crippen molar-refractivity contribution in [3.8, 4) is 5.75 Å². The third kappa shape index (κ3) is 3.76. The molecule has 0 spiro atoms. The lowest BCUT2D eigenvalue weighted by Crippen LogP contribution is -2.45. The maximum Gasteiger partial charge on any atom is 0.123 e. The molecule has 0 aliphatic heterocycles. The molecule has 4 heteroatoms. The van der Waals surface area contributed by atoms with Gasteiger partial charge in [0.05, 0.1) is 19.8 Å². The van der Waals surface area contributed by atoms with Crippen LogP contribution in [0.3, 0.4) is 0 Å². The highest BCUT2D eigenvalue weighted by atomic mass is 16.5. The fourth-order valence-corrected chi connectivity index (χ4v) is 3.57. The zero-order valence-corrected chi connectivity index (χ0v) is 13.2. The summed E-state index contributed by atoms with van der Waals surface area (Å²) >= 11 is 0. The predicted molar refractivity (Wildman–Crippen MR) is 85.4 cm³/mol. The standard InChI is InChI=1S/C17H28N2O2/c1-13(18)17(15-9-5-6-10-16(15)21-2)19(11-12-20)14-7-3-4-8-14/h5-6,9-10,13-14,17,20H,3-4,7-8,11-12,18H2,1-2H3. The molecular formula is C17H28N2O2. The number of rotatable bonds is 7. The van der Waals surface area contributed by atoms with Gasteiger partial charge in [0, 0.05) is 24.2 Å². The lowest BCUT2D eigenvalue weighted by Gasteiger charge is -2.39. The molecule has 1 aliphatic rings. The lowest BCUT2D eigenvalue weighted by molar-refractivity contribution is 0.0907. The first-order valence-electron chi connectivity index (χ1n) is 7.94. The van der Waals surface area contributed by atoms with E-state index in [9.17, 15) is 5.11 Å². The van der Waals surface area contributed by atoms with Crippen LogP contribution in [-0.4, -0.2) is 42.4 Å². The molecule has 2 unspecified atom stereocenters. The third-order valence-corrected chi connectivity index (χ3v) is 4.46. The van der Waals surface area contributed by atoms with Crippen molar-refractivity contribution in [1.29, 1.82) is 0 Å². The normalized spacial score (nSPS) is 18.9. The average molecular weight is 292 g/mol. The van der Waals surface area contributed by atoms with Crippen LogP contribution in [0, 0.1) is 0 Å². The number of nitrogens with two attached hydrogens (primary N) is 1. The number of nitrogens with zero attached hydrogens (tertiary/aromatic N) is 1. The van der Waals surface area contributed by atoms with Crippen LogP contribution in [0.4, 0.5) is 0 Å². The molecule has 4 nitrogen and oxygen atoms in total. The van der Waals surface area contributed by atoms with Crippen LogP contribution in [0.2, 0.25) is 0 Å². The molecule has 1 fully saturated rings. The number of methoxy groups -OCH3 is 1. The van der Waals surface area contributed by atoms with Gasteiger partial charge in [-0.3, -0.25) is 4.90 Å². The van der Waals surface area contributed by atoms with Gasteiger partial charge in [0.15, 0.2) is 0 Å². The molecule has 21 heavy (non-hydrogen) atoms. The molecule has 1 aliphatic carbocycles. The van der Waals surface area contributed by atoms with Crippen molar-refractivity contribution in [2.75, 3.05) is 20.3 Å². The molecule has 1 aromatic carbocycles. The van der Waals surface area contributed by atoms with Crippen LogP contribution in [0.15, 0.2) is 24.3 Å². The van der Waals surface area contributed by atoms with Crippen molar-refractivity contribution in [3.05, 3.63) is 29.8 Å². The molecule has 0 aromatic heterocycles. The highest BCUT2D eigenvalue weighted by molar-refractivity contribution is 5.37. The summed E-state index contributed by atoms with van der Waals surface area (Å²) in [7, 11) is 1.70. The Bertz CT molecular complexity index is 431. The fourth-order valence-electron chi connectivity index (χ4n) is 3.57. The van der Waals surface area contributed by atoms with Gasteiger partial charge in [0.1, 0.15) is 5.75 Å². The monoisotopic (exact) mass is 292 g/mol. The summed E-state index contributed by atoms with van der Waals surface area (Å²) in [6, 6.07) is 8.65. The highest BCUT2D eigenvalue weighted by Gasteiger charge is 2.32. The van der Waals surface area contributed by atoms with Crippen molar-refractivity contribution >= 4 is 0 Å². The number of hydrogen-bond acceptors (Lipinski definition) is 4. The van der Waals surface area contributed by atoms with Crippen molar-refractivity contribution in [2.45, 2.75) is 50.7 Å². The summed E-state index contributed by atoms with van der Waals surface area (Å²) in [6.45, 7) is 2.86. The van der Waals surface area contributed by atoms with Crippen molar-refractivity contribution in [1.82, 2.24) is 4.90 Å². The Balaban J connectivity index is 2.34. The molecule has 2 atom stereocenters. The second-order valence-electron chi connectivity index (χ2n) is 5.95. The summed E-state index contributed by atoms with van der Waals surface area (Å²) in [4.78, 5) is 2.38. The smallest absolute Gasteiger partial charge is 0.123 e. The molecule has 0 amide bonds. The third-order valence-electron chi connectivity index (χ3n) is 4.46. The summed E-state index contributed by atoms with van der Waals surface area (Å²) in [5.74, 6) is 0.876. The van der Waals surface area contributed by atoms with E-state index >= 15 is 0 Å². The van der Waals surface area contributed by atoms with Crippen molar-refractivity contribution < 1.29 is 9.84 Å². The van der Waals surface area contributed by atoms with Gasteiger partial charge >= 0.3 is 0 Å². The van der Waals surface area contributed by atoms with Gasteiger partial charge < -0.3 is 15.6 Å². The van der Waals surface area contributed by atoms with Gasteiger partial charge in [-0.2, -0.15) is 0 Å². The van der Waals surface area contributed by atoms with E-state index in [2.05, 4.69) is 11.0 Å². The number of aliphatic hydroxyl groups excluding tert-OH is 1. The Hall–Kier alpha value is -1.10. The van der Waals surface area contributed by atoms with E-state index < -0.39 is 0 Å². The summed E-state index contributed by atoms with van der Waals surface area (Å²) < 4.78 is 5.52. The summed E-state index contributed by atoms with van der Waals surface area (Å²) in [6.07, 6.45) is 4.92. The Kier molecular flexibility index (Phi) is 6.03. The number of ether oxygens (including phenoxy) is 1. The Morgan fingerprint density at radius 1 is 1.33 bits per heavy atom. The minimum atomic E-state index is -0.0200. The van der Waals surface area contributed by atoms with Crippen LogP contribution in [0.25, 0.3) is 0 Å². The second-order valence-corrected chi connectivity index (χ2v) is 5.95. The largest absolute Gasteiger partial charge is 0.496 e. The average Bonchev–Trinajstić information content (AvgIpc) is 3.01. The highest BCUT2D eigenvalue weighted by Crippen LogP contribution is 2.36. The molecule has 0 bridgehead atoms. The maximum atomic E-state index is 9.49. The maximum absolute atomic E-state index is 9.49. The topological polar surface area (TPSA) is 58.7 Å². The fraction of sp³-hybridized carbons (Fsp3) is 0.647. The molecule has 3 N–H and O–H groups in total.